The number of benzene rings is 1. The second-order valence-corrected chi connectivity index (χ2v) is 7.44. The number of rotatable bonds is 4. The summed E-state index contributed by atoms with van der Waals surface area (Å²) in [5.41, 5.74) is 0. The van der Waals surface area contributed by atoms with Crippen LogP contribution in [0.1, 0.15) is 6.42 Å². The summed E-state index contributed by atoms with van der Waals surface area (Å²) in [5, 5.41) is 2.64. The number of hydrogen-bond acceptors (Lipinski definition) is 5. The quantitative estimate of drug-likeness (QED) is 0.920. The van der Waals surface area contributed by atoms with Crippen LogP contribution in [-0.4, -0.2) is 32.5 Å². The molecule has 1 N–H and O–H groups in total. The Balaban J connectivity index is 1.76. The lowest BCUT2D eigenvalue weighted by Gasteiger charge is -2.16. The van der Waals surface area contributed by atoms with Crippen LogP contribution in [0.4, 0.5) is 13.9 Å². The topological polar surface area (TPSA) is 62.3 Å². The van der Waals surface area contributed by atoms with Crippen LogP contribution in [0, 0.1) is 11.6 Å². The molecule has 1 aliphatic heterocycles. The van der Waals surface area contributed by atoms with Crippen molar-refractivity contribution < 1.29 is 17.2 Å². The van der Waals surface area contributed by atoms with Gasteiger partial charge in [0.25, 0.3) is 0 Å². The van der Waals surface area contributed by atoms with E-state index in [9.17, 15) is 17.2 Å². The molecule has 1 aromatic carbocycles. The zero-order valence-corrected chi connectivity index (χ0v) is 13.0. The summed E-state index contributed by atoms with van der Waals surface area (Å²) < 4.78 is 54.1. The third kappa shape index (κ3) is 2.96. The van der Waals surface area contributed by atoms with Gasteiger partial charge in [0.05, 0.1) is 0 Å². The van der Waals surface area contributed by atoms with Gasteiger partial charge in [-0.2, -0.15) is 0 Å². The molecule has 0 bridgehead atoms. The molecule has 1 aromatic heterocycles. The lowest BCUT2D eigenvalue weighted by Crippen LogP contribution is -2.37. The zero-order valence-electron chi connectivity index (χ0n) is 11.4. The minimum Gasteiger partial charge on any atom is -0.346 e. The van der Waals surface area contributed by atoms with E-state index in [0.717, 1.165) is 23.3 Å². The lowest BCUT2D eigenvalue weighted by atomic mass is 10.3. The van der Waals surface area contributed by atoms with Crippen LogP contribution in [0.2, 0.25) is 0 Å². The Bertz CT molecular complexity index is 745. The number of sulfonamides is 1. The molecule has 0 amide bonds. The number of nitrogens with one attached hydrogen (secondary N) is 1. The predicted octanol–water partition coefficient (Wildman–Crippen LogP) is 1.98. The van der Waals surface area contributed by atoms with E-state index < -0.39 is 32.6 Å². The third-order valence-electron chi connectivity index (χ3n) is 3.39. The van der Waals surface area contributed by atoms with Crippen LogP contribution >= 0.6 is 11.3 Å². The first-order valence-electron chi connectivity index (χ1n) is 6.58. The number of thiazole rings is 1. The molecule has 22 heavy (non-hydrogen) atoms. The fourth-order valence-corrected chi connectivity index (χ4v) is 4.50. The second-order valence-electron chi connectivity index (χ2n) is 4.92. The molecule has 2 aromatic rings. The summed E-state index contributed by atoms with van der Waals surface area (Å²) in [7, 11) is -4.24. The normalized spacial score (nSPS) is 18.8. The lowest BCUT2D eigenvalue weighted by molar-refractivity contribution is 0.507. The highest BCUT2D eigenvalue weighted by molar-refractivity contribution is 7.89. The van der Waals surface area contributed by atoms with Crippen LogP contribution in [0.3, 0.4) is 0 Å². The molecule has 0 saturated carbocycles. The van der Waals surface area contributed by atoms with Crippen molar-refractivity contribution in [3.63, 3.8) is 0 Å². The Kier molecular flexibility index (Phi) is 4.11. The molecule has 0 spiro atoms. The smallest absolute Gasteiger partial charge is 0.246 e. The van der Waals surface area contributed by atoms with E-state index in [-0.39, 0.29) is 0 Å². The molecule has 5 nitrogen and oxygen atoms in total. The number of halogens is 2. The van der Waals surface area contributed by atoms with Crippen molar-refractivity contribution in [2.24, 2.45) is 0 Å². The molecule has 1 fully saturated rings. The Hall–Kier alpha value is -1.58. The van der Waals surface area contributed by atoms with Crippen molar-refractivity contribution in [2.45, 2.75) is 17.4 Å². The summed E-state index contributed by atoms with van der Waals surface area (Å²) in [6.45, 7) is 1.06. The molecular weight excluding hydrogens is 332 g/mol. The van der Waals surface area contributed by atoms with Gasteiger partial charge < -0.3 is 4.90 Å². The van der Waals surface area contributed by atoms with Gasteiger partial charge in [-0.3, -0.25) is 0 Å². The van der Waals surface area contributed by atoms with E-state index in [1.807, 2.05) is 10.3 Å². The minimum atomic E-state index is -4.24. The molecule has 1 atom stereocenters. The molecular formula is C13H13F2N3O2S2. The average molecular weight is 345 g/mol. The molecule has 0 radical (unpaired) electrons. The SMILES string of the molecule is O=S(=O)(N[C@@H]1CCN(c2nccs2)C1)c1c(F)cccc1F. The van der Waals surface area contributed by atoms with Crippen molar-refractivity contribution >= 4 is 26.5 Å². The van der Waals surface area contributed by atoms with Gasteiger partial charge in [0.2, 0.25) is 10.0 Å². The molecule has 2 heterocycles. The van der Waals surface area contributed by atoms with E-state index in [0.29, 0.717) is 19.5 Å². The van der Waals surface area contributed by atoms with Crippen molar-refractivity contribution in [3.05, 3.63) is 41.4 Å². The summed E-state index contributed by atoms with van der Waals surface area (Å²) in [5.74, 6) is -2.19. The number of anilines is 1. The standard InChI is InChI=1S/C13H13F2N3O2S2/c14-10-2-1-3-11(15)12(10)22(19,20)17-9-4-6-18(8-9)13-16-5-7-21-13/h1-3,5,7,9,17H,4,6,8H2/t9-/m1/s1. The van der Waals surface area contributed by atoms with E-state index in [4.69, 9.17) is 0 Å². The van der Waals surface area contributed by atoms with Crippen LogP contribution in [0.25, 0.3) is 0 Å². The predicted molar refractivity (Wildman–Crippen MR) is 79.4 cm³/mol. The van der Waals surface area contributed by atoms with Gasteiger partial charge in [0.1, 0.15) is 11.6 Å². The summed E-state index contributed by atoms with van der Waals surface area (Å²) in [6.07, 6.45) is 2.22. The maximum absolute atomic E-state index is 13.6. The van der Waals surface area contributed by atoms with E-state index >= 15 is 0 Å². The summed E-state index contributed by atoms with van der Waals surface area (Å²) in [6, 6.07) is 2.57. The highest BCUT2D eigenvalue weighted by atomic mass is 32.2. The number of nitrogens with zero attached hydrogens (tertiary/aromatic N) is 2. The first kappa shape index (κ1) is 15.3. The average Bonchev–Trinajstić information content (AvgIpc) is 3.07. The molecule has 3 rings (SSSR count). The summed E-state index contributed by atoms with van der Waals surface area (Å²) >= 11 is 1.46. The molecule has 118 valence electrons. The van der Waals surface area contributed by atoms with Crippen LogP contribution < -0.4 is 9.62 Å². The van der Waals surface area contributed by atoms with Gasteiger partial charge in [0.15, 0.2) is 10.0 Å². The van der Waals surface area contributed by atoms with E-state index in [2.05, 4.69) is 9.71 Å². The second kappa shape index (κ2) is 5.90. The highest BCUT2D eigenvalue weighted by Crippen LogP contribution is 2.24. The first-order valence-corrected chi connectivity index (χ1v) is 8.94. The molecule has 1 aliphatic rings. The van der Waals surface area contributed by atoms with Crippen molar-refractivity contribution in [1.82, 2.24) is 9.71 Å². The Labute approximate surface area is 130 Å². The van der Waals surface area contributed by atoms with Crippen LogP contribution in [0.15, 0.2) is 34.7 Å². The van der Waals surface area contributed by atoms with Gasteiger partial charge >= 0.3 is 0 Å². The Morgan fingerprint density at radius 1 is 1.32 bits per heavy atom. The van der Waals surface area contributed by atoms with Crippen molar-refractivity contribution in [1.29, 1.82) is 0 Å². The van der Waals surface area contributed by atoms with Crippen molar-refractivity contribution in [2.75, 3.05) is 18.0 Å². The van der Waals surface area contributed by atoms with Crippen LogP contribution in [-0.2, 0) is 10.0 Å². The van der Waals surface area contributed by atoms with E-state index in [1.54, 1.807) is 6.20 Å². The zero-order chi connectivity index (χ0) is 15.7. The molecule has 0 unspecified atom stereocenters. The van der Waals surface area contributed by atoms with Crippen molar-refractivity contribution in [3.8, 4) is 0 Å². The van der Waals surface area contributed by atoms with Gasteiger partial charge in [0, 0.05) is 30.7 Å². The maximum atomic E-state index is 13.6. The van der Waals surface area contributed by atoms with Gasteiger partial charge in [-0.05, 0) is 18.6 Å². The maximum Gasteiger partial charge on any atom is 0.246 e. The number of hydrogen-bond donors (Lipinski definition) is 1. The highest BCUT2D eigenvalue weighted by Gasteiger charge is 2.31. The minimum absolute atomic E-state index is 0.409. The summed E-state index contributed by atoms with van der Waals surface area (Å²) in [4.78, 5) is 5.17. The largest absolute Gasteiger partial charge is 0.346 e. The van der Waals surface area contributed by atoms with Crippen LogP contribution in [0.5, 0.6) is 0 Å². The molecule has 1 saturated heterocycles. The Morgan fingerprint density at radius 3 is 2.68 bits per heavy atom. The molecule has 9 heteroatoms. The Morgan fingerprint density at radius 2 is 2.05 bits per heavy atom. The fraction of sp³-hybridized carbons (Fsp3) is 0.308. The fourth-order valence-electron chi connectivity index (χ4n) is 2.42. The van der Waals surface area contributed by atoms with Gasteiger partial charge in [-0.1, -0.05) is 6.07 Å². The molecule has 0 aliphatic carbocycles. The van der Waals surface area contributed by atoms with Gasteiger partial charge in [-0.25, -0.2) is 26.9 Å². The van der Waals surface area contributed by atoms with E-state index in [1.165, 1.54) is 11.3 Å². The van der Waals surface area contributed by atoms with Gasteiger partial charge in [-0.15, -0.1) is 11.3 Å². The monoisotopic (exact) mass is 345 g/mol. The third-order valence-corrected chi connectivity index (χ3v) is 5.79. The first-order chi connectivity index (χ1) is 10.5. The number of aromatic nitrogens is 1.